The van der Waals surface area contributed by atoms with Gasteiger partial charge in [-0.1, -0.05) is 0 Å². The zero-order valence-electron chi connectivity index (χ0n) is 14.3. The third-order valence-corrected chi connectivity index (χ3v) is 66.3. The van der Waals surface area contributed by atoms with Crippen molar-refractivity contribution in [1.82, 2.24) is 0 Å². The summed E-state index contributed by atoms with van der Waals surface area (Å²) < 4.78 is 0.983. The maximum atomic E-state index is 4.70. The Hall–Kier alpha value is 0.463. The van der Waals surface area contributed by atoms with Gasteiger partial charge in [0, 0.05) is 0 Å². The van der Waals surface area contributed by atoms with Gasteiger partial charge in [-0.05, 0) is 0 Å². The molecule has 0 bridgehead atoms. The average molecular weight is 500 g/mol. The van der Waals surface area contributed by atoms with Crippen LogP contribution in [0.15, 0.2) is 60.7 Å². The van der Waals surface area contributed by atoms with Crippen LogP contribution in [0.4, 0.5) is 0 Å². The van der Waals surface area contributed by atoms with Crippen LogP contribution in [0, 0.1) is 0 Å². The molecular weight excluding hydrogens is 481 g/mol. The van der Waals surface area contributed by atoms with Gasteiger partial charge < -0.3 is 0 Å². The molecule has 0 N–H and O–H groups in total. The molecule has 1 spiro atoms. The molecule has 0 aliphatic carbocycles. The first kappa shape index (κ1) is 13.7. The van der Waals surface area contributed by atoms with Crippen molar-refractivity contribution in [2.45, 2.75) is 47.4 Å². The van der Waals surface area contributed by atoms with E-state index in [2.05, 4.69) is 60.7 Å². The van der Waals surface area contributed by atoms with Gasteiger partial charge in [0.1, 0.15) is 0 Å². The van der Waals surface area contributed by atoms with Crippen molar-refractivity contribution in [1.29, 1.82) is 0 Å². The van der Waals surface area contributed by atoms with E-state index < -0.39 is 6.51 Å². The molecular formula is C22H19Cl2FeNiP. The summed E-state index contributed by atoms with van der Waals surface area (Å²) >= 11 is 0.569. The van der Waals surface area contributed by atoms with Gasteiger partial charge in [0.25, 0.3) is 0 Å². The van der Waals surface area contributed by atoms with E-state index in [1.54, 1.807) is 10.6 Å². The Balaban J connectivity index is 0.000000362. The van der Waals surface area contributed by atoms with Crippen molar-refractivity contribution in [3.8, 4) is 0 Å². The third kappa shape index (κ3) is 0.267. The summed E-state index contributed by atoms with van der Waals surface area (Å²) in [6.07, 6.45) is 0. The van der Waals surface area contributed by atoms with E-state index >= 15 is 0 Å². The van der Waals surface area contributed by atoms with E-state index in [1.807, 2.05) is 0 Å². The van der Waals surface area contributed by atoms with E-state index in [0.29, 0.717) is 12.7 Å². The van der Waals surface area contributed by atoms with Gasteiger partial charge in [-0.2, -0.15) is 0 Å². The first-order valence-corrected chi connectivity index (χ1v) is 20.3. The Bertz CT molecular complexity index is 1350. The molecule has 0 amide bonds. The van der Waals surface area contributed by atoms with Crippen LogP contribution in [0.25, 0.3) is 0 Å². The minimum atomic E-state index is -3.05. The van der Waals surface area contributed by atoms with Crippen LogP contribution in [-0.2, 0) is 19.2 Å². The fourth-order valence-electron chi connectivity index (χ4n) is 18.4. The number of benzene rings is 2. The summed E-state index contributed by atoms with van der Waals surface area (Å²) in [5.74, 6) is 0. The van der Waals surface area contributed by atoms with Crippen molar-refractivity contribution in [3.05, 3.63) is 60.7 Å². The third-order valence-electron chi connectivity index (χ3n) is 17.0. The first-order chi connectivity index (χ1) is 13.0. The minimum absolute atomic E-state index is 0.0683. The van der Waals surface area contributed by atoms with E-state index in [1.165, 1.54) is 43.3 Å². The van der Waals surface area contributed by atoms with E-state index in [-0.39, 0.29) is 7.92 Å². The quantitative estimate of drug-likeness (QED) is 0.322. The summed E-state index contributed by atoms with van der Waals surface area (Å²) in [4.78, 5) is 12.9. The molecule has 5 heteroatoms. The molecule has 144 valence electrons. The molecule has 0 saturated carbocycles. The molecule has 10 aliphatic heterocycles. The predicted octanol–water partition coefficient (Wildman–Crippen LogP) is 6.79. The number of hydrogen-bond acceptors (Lipinski definition) is 0. The molecule has 10 heterocycles. The Morgan fingerprint density at radius 2 is 1.04 bits per heavy atom. The Morgan fingerprint density at radius 3 is 1.30 bits per heavy atom. The average Bonchev–Trinajstić information content (AvgIpc) is 3.64. The number of fused-ring (bicyclic) bond motifs is 10. The second-order valence-corrected chi connectivity index (χ2v) is 40.7. The summed E-state index contributed by atoms with van der Waals surface area (Å²) in [6, 6.07) is 23.7. The fourth-order valence-corrected chi connectivity index (χ4v) is 107. The van der Waals surface area contributed by atoms with Gasteiger partial charge in [0.2, 0.25) is 0 Å². The number of rotatable bonds is 3. The molecule has 10 aliphatic rings. The molecule has 0 radical (unpaired) electrons. The molecule has 10 fully saturated rings. The van der Waals surface area contributed by atoms with Crippen molar-refractivity contribution in [3.63, 3.8) is 0 Å². The SMILES string of the molecule is [Cl][Ni][Cl].c1ccc(P(c2ccccc2)[C]23[CH]4[CH]5[CH]6[CH]2[Fe]56432789[CH]3[CH]2[CH]7[CH]8[CH]39)cc1. The van der Waals surface area contributed by atoms with Crippen LogP contribution < -0.4 is 10.6 Å². The Labute approximate surface area is 165 Å². The van der Waals surface area contributed by atoms with E-state index in [4.69, 9.17) is 20.4 Å². The van der Waals surface area contributed by atoms with Crippen molar-refractivity contribution in [2.75, 3.05) is 0 Å². The normalized spacial score (nSPS) is 78.9. The topological polar surface area (TPSA) is 0 Å². The second-order valence-electron chi connectivity index (χ2n) is 12.7. The molecule has 2 aromatic rings. The summed E-state index contributed by atoms with van der Waals surface area (Å²) in [7, 11) is 9.33. The van der Waals surface area contributed by atoms with Crippen LogP contribution in [-0.4, -0.2) is 4.05 Å². The fraction of sp³-hybridized carbons (Fsp3) is 0.455. The Morgan fingerprint density at radius 1 is 0.667 bits per heavy atom. The molecule has 0 nitrogen and oxygen atoms in total. The van der Waals surface area contributed by atoms with Gasteiger partial charge in [-0.15, -0.1) is 0 Å². The monoisotopic (exact) mass is 498 g/mol. The molecule has 4 atom stereocenters. The van der Waals surface area contributed by atoms with E-state index in [9.17, 15) is 0 Å². The van der Waals surface area contributed by atoms with Gasteiger partial charge >= 0.3 is 166 Å². The van der Waals surface area contributed by atoms with E-state index in [0.717, 1.165) is 4.05 Å². The molecule has 10 saturated heterocycles. The van der Waals surface area contributed by atoms with Gasteiger partial charge in [-0.25, -0.2) is 0 Å². The Kier molecular flexibility index (Phi) is 0.898. The number of hydrogen-bond donors (Lipinski definition) is 0. The zero-order chi connectivity index (χ0) is 17.5. The van der Waals surface area contributed by atoms with Crippen molar-refractivity contribution in [2.24, 2.45) is 0 Å². The predicted molar refractivity (Wildman–Crippen MR) is 107 cm³/mol. The molecule has 4 unspecified atom stereocenters. The summed E-state index contributed by atoms with van der Waals surface area (Å²) in [5.41, 5.74) is 0. The standard InChI is InChI=1S/C17H14P.C5H5.2ClH.Fe.Ni/c1-3-9-15(10-4-1)18(17-13-7-8-14-17)16-11-5-2-6-12-16;1-2-4-5-3-1;;;;/h1-14H;1-5H;2*1H;;/q;;;;;+2/p-2. The van der Waals surface area contributed by atoms with Crippen LogP contribution in [0.3, 0.4) is 0 Å². The molecule has 0 aromatic heterocycles. The van der Waals surface area contributed by atoms with Gasteiger partial charge in [0.15, 0.2) is 0 Å². The molecule has 27 heavy (non-hydrogen) atoms. The maximum absolute atomic E-state index is 4.70. The summed E-state index contributed by atoms with van der Waals surface area (Å²) in [6.45, 7) is -3.05. The molecule has 2 aromatic carbocycles. The first-order valence-electron chi connectivity index (χ1n) is 9.99. The van der Waals surface area contributed by atoms with Gasteiger partial charge in [0.05, 0.1) is 0 Å². The van der Waals surface area contributed by atoms with Gasteiger partial charge in [-0.3, -0.25) is 0 Å². The van der Waals surface area contributed by atoms with Crippen LogP contribution in [0.2, 0.25) is 43.3 Å². The number of halogens is 2. The zero-order valence-corrected chi connectivity index (χ0v) is 18.8. The van der Waals surface area contributed by atoms with Crippen LogP contribution in [0.1, 0.15) is 0 Å². The van der Waals surface area contributed by atoms with Crippen molar-refractivity contribution < 1.29 is 19.2 Å². The molecule has 12 rings (SSSR count). The van der Waals surface area contributed by atoms with Crippen LogP contribution >= 0.6 is 28.3 Å². The summed E-state index contributed by atoms with van der Waals surface area (Å²) in [5, 5.41) is 3.48. The van der Waals surface area contributed by atoms with Crippen LogP contribution in [0.5, 0.6) is 0 Å². The van der Waals surface area contributed by atoms with Crippen molar-refractivity contribution >= 4 is 38.9 Å². The second kappa shape index (κ2) is 1.77.